The Morgan fingerprint density at radius 2 is 2.62 bits per heavy atom. The first-order valence-electron chi connectivity index (χ1n) is 4.18. The summed E-state index contributed by atoms with van der Waals surface area (Å²) in [5.74, 6) is 0.483. The molecular formula is C8H10BrClN2O. The Balaban J connectivity index is 2.27. The van der Waals surface area contributed by atoms with Gasteiger partial charge in [-0.1, -0.05) is 0 Å². The highest BCUT2D eigenvalue weighted by molar-refractivity contribution is 9.10. The van der Waals surface area contributed by atoms with Crippen LogP contribution in [0.1, 0.15) is 18.2 Å². The van der Waals surface area contributed by atoms with Gasteiger partial charge < -0.3 is 4.74 Å². The van der Waals surface area contributed by atoms with Gasteiger partial charge in [0, 0.05) is 6.61 Å². The van der Waals surface area contributed by atoms with E-state index >= 15 is 0 Å². The normalized spacial score (nSPS) is 22.5. The number of aromatic nitrogens is 2. The Hall–Kier alpha value is -0.0600. The van der Waals surface area contributed by atoms with Crippen molar-refractivity contribution < 1.29 is 4.74 Å². The number of hydrogen-bond acceptors (Lipinski definition) is 2. The molecule has 72 valence electrons. The van der Waals surface area contributed by atoms with E-state index in [4.69, 9.17) is 16.3 Å². The van der Waals surface area contributed by atoms with Crippen molar-refractivity contribution in [1.29, 1.82) is 0 Å². The minimum atomic E-state index is 0.361. The number of rotatable bonds is 2. The Morgan fingerprint density at radius 1 is 1.77 bits per heavy atom. The largest absolute Gasteiger partial charge is 0.379 e. The molecule has 0 aromatic carbocycles. The Labute approximate surface area is 90.1 Å². The van der Waals surface area contributed by atoms with E-state index in [9.17, 15) is 0 Å². The molecule has 1 fully saturated rings. The van der Waals surface area contributed by atoms with E-state index in [2.05, 4.69) is 21.0 Å². The molecule has 1 unspecified atom stereocenters. The van der Waals surface area contributed by atoms with Crippen molar-refractivity contribution in [2.24, 2.45) is 0 Å². The zero-order chi connectivity index (χ0) is 9.26. The number of nitrogens with zero attached hydrogens (tertiary/aromatic N) is 2. The average molecular weight is 266 g/mol. The third-order valence-corrected chi connectivity index (χ3v) is 3.14. The fourth-order valence-corrected chi connectivity index (χ4v) is 2.36. The molecule has 3 nitrogen and oxygen atoms in total. The average Bonchev–Trinajstić information content (AvgIpc) is 2.71. The van der Waals surface area contributed by atoms with Crippen LogP contribution in [0.3, 0.4) is 0 Å². The summed E-state index contributed by atoms with van der Waals surface area (Å²) in [6.07, 6.45) is 2.81. The maximum Gasteiger partial charge on any atom is 0.0778 e. The molecule has 0 saturated carbocycles. The van der Waals surface area contributed by atoms with E-state index in [1.54, 1.807) is 6.20 Å². The SMILES string of the molecule is ClCc1c(Br)cnn1C1CCOC1. The van der Waals surface area contributed by atoms with Crippen LogP contribution in [0.4, 0.5) is 0 Å². The number of alkyl halides is 1. The van der Waals surface area contributed by atoms with Gasteiger partial charge in [0.2, 0.25) is 0 Å². The summed E-state index contributed by atoms with van der Waals surface area (Å²) < 4.78 is 8.24. The van der Waals surface area contributed by atoms with Crippen molar-refractivity contribution in [1.82, 2.24) is 9.78 Å². The lowest BCUT2D eigenvalue weighted by Crippen LogP contribution is -2.12. The van der Waals surface area contributed by atoms with Gasteiger partial charge in [-0.2, -0.15) is 5.10 Å². The molecule has 1 atom stereocenters. The van der Waals surface area contributed by atoms with Crippen molar-refractivity contribution in [2.75, 3.05) is 13.2 Å². The van der Waals surface area contributed by atoms with Gasteiger partial charge in [-0.05, 0) is 22.4 Å². The summed E-state index contributed by atoms with van der Waals surface area (Å²) in [4.78, 5) is 0. The molecule has 2 heterocycles. The molecule has 1 aromatic heterocycles. The zero-order valence-electron chi connectivity index (χ0n) is 7.04. The highest BCUT2D eigenvalue weighted by Crippen LogP contribution is 2.25. The van der Waals surface area contributed by atoms with E-state index in [-0.39, 0.29) is 0 Å². The van der Waals surface area contributed by atoms with Crippen molar-refractivity contribution in [2.45, 2.75) is 18.3 Å². The summed E-state index contributed by atoms with van der Waals surface area (Å²) in [5, 5.41) is 4.27. The highest BCUT2D eigenvalue weighted by Gasteiger charge is 2.21. The lowest BCUT2D eigenvalue weighted by atomic mass is 10.2. The second-order valence-electron chi connectivity index (χ2n) is 3.03. The molecule has 1 saturated heterocycles. The predicted octanol–water partition coefficient (Wildman–Crippen LogP) is 2.35. The number of halogens is 2. The number of ether oxygens (including phenoxy) is 1. The second kappa shape index (κ2) is 3.98. The predicted molar refractivity (Wildman–Crippen MR) is 54.0 cm³/mol. The summed E-state index contributed by atoms with van der Waals surface area (Å²) in [5.41, 5.74) is 1.04. The second-order valence-corrected chi connectivity index (χ2v) is 4.16. The van der Waals surface area contributed by atoms with Crippen LogP contribution in [0.5, 0.6) is 0 Å². The van der Waals surface area contributed by atoms with Gasteiger partial charge in [0.05, 0.1) is 34.9 Å². The molecule has 1 aliphatic heterocycles. The summed E-state index contributed by atoms with van der Waals surface area (Å²) in [6.45, 7) is 1.57. The Kier molecular flexibility index (Phi) is 2.91. The fraction of sp³-hybridized carbons (Fsp3) is 0.625. The van der Waals surface area contributed by atoms with E-state index in [1.807, 2.05) is 4.68 Å². The third kappa shape index (κ3) is 1.75. The van der Waals surface area contributed by atoms with Crippen molar-refractivity contribution in [3.63, 3.8) is 0 Å². The molecule has 2 rings (SSSR count). The van der Waals surface area contributed by atoms with Crippen LogP contribution in [-0.2, 0) is 10.6 Å². The van der Waals surface area contributed by atoms with Gasteiger partial charge in [-0.15, -0.1) is 11.6 Å². The molecule has 0 radical (unpaired) electrons. The minimum absolute atomic E-state index is 0.361. The van der Waals surface area contributed by atoms with Gasteiger partial charge in [0.25, 0.3) is 0 Å². The molecule has 0 N–H and O–H groups in total. The van der Waals surface area contributed by atoms with E-state index in [0.717, 1.165) is 29.8 Å². The molecule has 0 amide bonds. The molecule has 5 heteroatoms. The van der Waals surface area contributed by atoms with Crippen molar-refractivity contribution in [3.05, 3.63) is 16.4 Å². The summed E-state index contributed by atoms with van der Waals surface area (Å²) >= 11 is 9.24. The monoisotopic (exact) mass is 264 g/mol. The van der Waals surface area contributed by atoms with E-state index < -0.39 is 0 Å². The Bertz CT molecular complexity index is 296. The maximum atomic E-state index is 5.83. The van der Waals surface area contributed by atoms with Crippen LogP contribution in [0, 0.1) is 0 Å². The molecule has 0 bridgehead atoms. The van der Waals surface area contributed by atoms with Crippen LogP contribution in [0.15, 0.2) is 10.7 Å². The molecule has 0 spiro atoms. The van der Waals surface area contributed by atoms with Crippen LogP contribution in [-0.4, -0.2) is 23.0 Å². The fourth-order valence-electron chi connectivity index (χ4n) is 1.52. The highest BCUT2D eigenvalue weighted by atomic mass is 79.9. The smallest absolute Gasteiger partial charge is 0.0778 e. The standard InChI is InChI=1S/C8H10BrClN2O/c9-7-4-11-12(8(7)3-10)6-1-2-13-5-6/h4,6H,1-3,5H2. The lowest BCUT2D eigenvalue weighted by molar-refractivity contribution is 0.184. The lowest BCUT2D eigenvalue weighted by Gasteiger charge is -2.11. The van der Waals surface area contributed by atoms with Crippen LogP contribution < -0.4 is 0 Å². The van der Waals surface area contributed by atoms with Gasteiger partial charge in [-0.25, -0.2) is 0 Å². The zero-order valence-corrected chi connectivity index (χ0v) is 9.38. The van der Waals surface area contributed by atoms with Gasteiger partial charge in [0.15, 0.2) is 0 Å². The summed E-state index contributed by atoms with van der Waals surface area (Å²) in [7, 11) is 0. The first kappa shape index (κ1) is 9.49. The molecule has 0 aliphatic carbocycles. The minimum Gasteiger partial charge on any atom is -0.379 e. The third-order valence-electron chi connectivity index (χ3n) is 2.23. The van der Waals surface area contributed by atoms with Gasteiger partial charge in [-0.3, -0.25) is 4.68 Å². The van der Waals surface area contributed by atoms with Crippen molar-refractivity contribution >= 4 is 27.5 Å². The maximum absolute atomic E-state index is 5.83. The molecule has 1 aromatic rings. The van der Waals surface area contributed by atoms with Gasteiger partial charge in [0.1, 0.15) is 0 Å². The Morgan fingerprint density at radius 3 is 3.23 bits per heavy atom. The quantitative estimate of drug-likeness (QED) is 0.768. The topological polar surface area (TPSA) is 27.1 Å². The van der Waals surface area contributed by atoms with E-state index in [1.165, 1.54) is 0 Å². The molecular weight excluding hydrogens is 255 g/mol. The van der Waals surface area contributed by atoms with Crippen LogP contribution >= 0.6 is 27.5 Å². The van der Waals surface area contributed by atoms with E-state index in [0.29, 0.717) is 11.9 Å². The first-order valence-corrected chi connectivity index (χ1v) is 5.51. The first-order chi connectivity index (χ1) is 6.33. The van der Waals surface area contributed by atoms with Crippen molar-refractivity contribution in [3.8, 4) is 0 Å². The van der Waals surface area contributed by atoms with Crippen LogP contribution in [0.2, 0.25) is 0 Å². The number of hydrogen-bond donors (Lipinski definition) is 0. The van der Waals surface area contributed by atoms with Gasteiger partial charge >= 0.3 is 0 Å². The summed E-state index contributed by atoms with van der Waals surface area (Å²) in [6, 6.07) is 0.361. The van der Waals surface area contributed by atoms with Crippen LogP contribution in [0.25, 0.3) is 0 Å². The molecule has 1 aliphatic rings. The molecule has 13 heavy (non-hydrogen) atoms.